The molecule has 0 fully saturated rings. The van der Waals surface area contributed by atoms with Gasteiger partial charge in [0.2, 0.25) is 5.88 Å². The van der Waals surface area contributed by atoms with Crippen LogP contribution in [0, 0.1) is 0 Å². The quantitative estimate of drug-likeness (QED) is 0.433. The van der Waals surface area contributed by atoms with Gasteiger partial charge in [0, 0.05) is 6.54 Å². The third kappa shape index (κ3) is 6.51. The molecule has 0 spiro atoms. The number of halogens is 4. The van der Waals surface area contributed by atoms with E-state index in [1.807, 2.05) is 19.9 Å². The summed E-state index contributed by atoms with van der Waals surface area (Å²) in [6.07, 6.45) is -2.42. The molecular weight excluding hydrogens is 511 g/mol. The zero-order chi connectivity index (χ0) is 27.7. The number of alkyl halides is 3. The van der Waals surface area contributed by atoms with Crippen molar-refractivity contribution in [1.82, 2.24) is 10.3 Å². The van der Waals surface area contributed by atoms with Crippen LogP contribution in [0.2, 0.25) is 5.02 Å². The summed E-state index contributed by atoms with van der Waals surface area (Å²) in [5, 5.41) is 5.75. The van der Waals surface area contributed by atoms with Crippen molar-refractivity contribution in [2.24, 2.45) is 10.7 Å². The number of nitrogens with zero attached hydrogens (tertiary/aromatic N) is 2. The summed E-state index contributed by atoms with van der Waals surface area (Å²) in [6.45, 7) is 6.52. The molecule has 2 heterocycles. The molecule has 200 valence electrons. The van der Waals surface area contributed by atoms with E-state index in [2.05, 4.69) is 20.6 Å². The van der Waals surface area contributed by atoms with Gasteiger partial charge in [-0.15, -0.1) is 0 Å². The number of hydrogen-bond donors (Lipinski definition) is 3. The number of ketones is 1. The highest BCUT2D eigenvalue weighted by molar-refractivity contribution is 6.34. The number of guanidine groups is 1. The van der Waals surface area contributed by atoms with Crippen molar-refractivity contribution >= 4 is 40.8 Å². The first-order chi connectivity index (χ1) is 17.1. The SMILES string of the molecule is CC(=O)c1cc2c(nc1OCC(F)F)N=C(N)Nc1c(ccc(CNC(=O)C(C)(C)F)c1Cl)C(C)(C)C2. The average molecular weight is 540 g/mol. The Labute approximate surface area is 217 Å². The molecule has 1 aliphatic heterocycles. The first-order valence-corrected chi connectivity index (χ1v) is 11.8. The fraction of sp³-hybridized carbons (Fsp3) is 0.440. The molecule has 0 bridgehead atoms. The van der Waals surface area contributed by atoms with Crippen LogP contribution >= 0.6 is 11.6 Å². The number of carbonyl (C=O) groups is 2. The molecule has 0 unspecified atom stereocenters. The van der Waals surface area contributed by atoms with Gasteiger partial charge in [-0.1, -0.05) is 37.6 Å². The fourth-order valence-corrected chi connectivity index (χ4v) is 4.21. The van der Waals surface area contributed by atoms with E-state index in [1.54, 1.807) is 6.07 Å². The number of nitrogens with one attached hydrogen (secondary N) is 2. The minimum Gasteiger partial charge on any atom is -0.471 e. The van der Waals surface area contributed by atoms with Gasteiger partial charge in [-0.05, 0) is 55.4 Å². The van der Waals surface area contributed by atoms with Gasteiger partial charge < -0.3 is 21.1 Å². The topological polar surface area (TPSA) is 119 Å². The highest BCUT2D eigenvalue weighted by atomic mass is 35.5. The van der Waals surface area contributed by atoms with E-state index < -0.39 is 35.8 Å². The second-order valence-electron chi connectivity index (χ2n) is 9.88. The predicted molar refractivity (Wildman–Crippen MR) is 136 cm³/mol. The second-order valence-corrected chi connectivity index (χ2v) is 10.3. The molecule has 0 atom stereocenters. The molecule has 1 aromatic heterocycles. The zero-order valence-electron chi connectivity index (χ0n) is 21.1. The smallest absolute Gasteiger partial charge is 0.272 e. The van der Waals surface area contributed by atoms with Crippen molar-refractivity contribution < 1.29 is 27.5 Å². The lowest BCUT2D eigenvalue weighted by Crippen LogP contribution is -2.38. The molecule has 0 saturated heterocycles. The van der Waals surface area contributed by atoms with E-state index >= 15 is 0 Å². The monoisotopic (exact) mass is 539 g/mol. The van der Waals surface area contributed by atoms with E-state index in [0.717, 1.165) is 19.4 Å². The van der Waals surface area contributed by atoms with Crippen LogP contribution in [0.5, 0.6) is 5.88 Å². The van der Waals surface area contributed by atoms with Gasteiger partial charge in [-0.25, -0.2) is 13.2 Å². The Bertz CT molecular complexity index is 1260. The Morgan fingerprint density at radius 3 is 2.59 bits per heavy atom. The molecule has 3 rings (SSSR count). The summed E-state index contributed by atoms with van der Waals surface area (Å²) in [4.78, 5) is 32.8. The van der Waals surface area contributed by atoms with Crippen LogP contribution in [-0.4, -0.2) is 41.3 Å². The third-order valence-electron chi connectivity index (χ3n) is 5.81. The number of amides is 1. The molecule has 0 aliphatic carbocycles. The molecule has 4 N–H and O–H groups in total. The molecule has 0 saturated carbocycles. The van der Waals surface area contributed by atoms with Gasteiger partial charge in [0.15, 0.2) is 29.8 Å². The number of hydrogen-bond acceptors (Lipinski definition) is 7. The average Bonchev–Trinajstić information content (AvgIpc) is 2.81. The molecule has 37 heavy (non-hydrogen) atoms. The van der Waals surface area contributed by atoms with Gasteiger partial charge in [0.25, 0.3) is 12.3 Å². The number of nitrogens with two attached hydrogens (primary N) is 1. The maximum absolute atomic E-state index is 13.9. The van der Waals surface area contributed by atoms with Gasteiger partial charge in [0.1, 0.15) is 0 Å². The Kier molecular flexibility index (Phi) is 8.06. The highest BCUT2D eigenvalue weighted by Gasteiger charge is 2.31. The van der Waals surface area contributed by atoms with E-state index in [1.165, 1.54) is 13.0 Å². The number of anilines is 1. The zero-order valence-corrected chi connectivity index (χ0v) is 21.9. The van der Waals surface area contributed by atoms with Crippen molar-refractivity contribution in [2.45, 2.75) is 65.1 Å². The fourth-order valence-electron chi connectivity index (χ4n) is 3.93. The standard InChI is InChI=1S/C25H29ClF3N5O3/c1-12(35)15-8-14-9-24(2,3)16-7-6-13(10-31-22(36)25(4,5)29)18(26)19(16)32-23(30)34-20(14)33-21(15)37-11-17(27)28/h6-8,17H,9-11H2,1-5H3,(H,31,36)(H3,30,32,33,34). The number of benzene rings is 1. The van der Waals surface area contributed by atoms with Crippen LogP contribution in [0.3, 0.4) is 0 Å². The minimum absolute atomic E-state index is 0.0218. The number of Topliss-reactive ketones (excluding diaryl/α,β-unsaturated/α-hetero) is 1. The number of aliphatic imine (C=N–C) groups is 1. The summed E-state index contributed by atoms with van der Waals surface area (Å²) in [7, 11) is 0. The van der Waals surface area contributed by atoms with Crippen LogP contribution < -0.4 is 21.1 Å². The van der Waals surface area contributed by atoms with E-state index in [-0.39, 0.29) is 34.8 Å². The Balaban J connectivity index is 2.08. The number of pyridine rings is 1. The highest BCUT2D eigenvalue weighted by Crippen LogP contribution is 2.41. The maximum Gasteiger partial charge on any atom is 0.272 e. The number of aromatic nitrogens is 1. The van der Waals surface area contributed by atoms with Crippen LogP contribution in [0.15, 0.2) is 23.2 Å². The summed E-state index contributed by atoms with van der Waals surface area (Å²) in [5.74, 6) is -1.44. The van der Waals surface area contributed by atoms with Gasteiger partial charge in [0.05, 0.1) is 16.3 Å². The number of carbonyl (C=O) groups excluding carboxylic acids is 2. The van der Waals surface area contributed by atoms with Crippen molar-refractivity contribution in [2.75, 3.05) is 11.9 Å². The van der Waals surface area contributed by atoms with E-state index in [0.29, 0.717) is 23.2 Å². The maximum atomic E-state index is 13.9. The summed E-state index contributed by atoms with van der Waals surface area (Å²) >= 11 is 6.70. The van der Waals surface area contributed by atoms with Crippen LogP contribution in [0.1, 0.15) is 61.7 Å². The first-order valence-electron chi connectivity index (χ1n) is 11.5. The van der Waals surface area contributed by atoms with Crippen LogP contribution in [0.25, 0.3) is 0 Å². The Morgan fingerprint density at radius 1 is 1.32 bits per heavy atom. The third-order valence-corrected chi connectivity index (χ3v) is 6.24. The van der Waals surface area contributed by atoms with Crippen LogP contribution in [-0.2, 0) is 23.2 Å². The lowest BCUT2D eigenvalue weighted by Gasteiger charge is -2.29. The molecule has 1 aromatic carbocycles. The molecule has 12 heteroatoms. The lowest BCUT2D eigenvalue weighted by atomic mass is 9.77. The minimum atomic E-state index is -2.76. The van der Waals surface area contributed by atoms with Crippen molar-refractivity contribution in [3.05, 3.63) is 45.5 Å². The Morgan fingerprint density at radius 2 is 2.00 bits per heavy atom. The van der Waals surface area contributed by atoms with Crippen molar-refractivity contribution in [3.63, 3.8) is 0 Å². The second kappa shape index (κ2) is 10.6. The van der Waals surface area contributed by atoms with Crippen LogP contribution in [0.4, 0.5) is 24.7 Å². The number of ether oxygens (including phenoxy) is 1. The normalized spacial score (nSPS) is 14.8. The van der Waals surface area contributed by atoms with Gasteiger partial charge in [-0.3, -0.25) is 9.59 Å². The summed E-state index contributed by atoms with van der Waals surface area (Å²) in [5.41, 5.74) is 5.81. The van der Waals surface area contributed by atoms with E-state index in [4.69, 9.17) is 22.1 Å². The molecular formula is C25H29ClF3N5O3. The van der Waals surface area contributed by atoms with Gasteiger partial charge in [-0.2, -0.15) is 9.98 Å². The molecule has 1 amide bonds. The van der Waals surface area contributed by atoms with Crippen molar-refractivity contribution in [1.29, 1.82) is 0 Å². The molecule has 0 radical (unpaired) electrons. The van der Waals surface area contributed by atoms with Gasteiger partial charge >= 0.3 is 0 Å². The van der Waals surface area contributed by atoms with E-state index in [9.17, 15) is 22.8 Å². The number of fused-ring (bicyclic) bond motifs is 2. The first kappa shape index (κ1) is 28.2. The van der Waals surface area contributed by atoms with Crippen molar-refractivity contribution in [3.8, 4) is 5.88 Å². The molecule has 8 nitrogen and oxygen atoms in total. The summed E-state index contributed by atoms with van der Waals surface area (Å²) < 4.78 is 44.5. The molecule has 1 aliphatic rings. The predicted octanol–water partition coefficient (Wildman–Crippen LogP) is 4.84. The Hall–Kier alpha value is -3.34. The molecule has 2 aromatic rings. The number of rotatable bonds is 7. The summed E-state index contributed by atoms with van der Waals surface area (Å²) in [6, 6.07) is 5.07. The lowest BCUT2D eigenvalue weighted by molar-refractivity contribution is -0.130. The largest absolute Gasteiger partial charge is 0.471 e.